The number of halogens is 2. The Bertz CT molecular complexity index is 1390. The second-order valence-electron chi connectivity index (χ2n) is 7.98. The molecule has 0 amide bonds. The summed E-state index contributed by atoms with van der Waals surface area (Å²) < 4.78 is 23.4. The van der Waals surface area contributed by atoms with E-state index in [-0.39, 0.29) is 28.3 Å². The van der Waals surface area contributed by atoms with E-state index >= 15 is 4.39 Å². The number of hydrogen-bond donors (Lipinski definition) is 1. The summed E-state index contributed by atoms with van der Waals surface area (Å²) in [7, 11) is 0. The molecule has 0 saturated heterocycles. The molecule has 4 aromatic rings. The smallest absolute Gasteiger partial charge is 0.153 e. The van der Waals surface area contributed by atoms with Crippen molar-refractivity contribution in [2.24, 2.45) is 0 Å². The molecule has 1 aromatic carbocycles. The highest BCUT2D eigenvalue weighted by Crippen LogP contribution is 2.44. The van der Waals surface area contributed by atoms with Gasteiger partial charge in [-0.3, -0.25) is 4.40 Å². The first-order chi connectivity index (χ1) is 15.7. The van der Waals surface area contributed by atoms with E-state index < -0.39 is 5.82 Å². The SMILES string of the molecule is Cc1nc(C(C)c2cc(Cl)c(F)c(-c3ccc(C#N)nc3)c2OC(C)C)n2ccnc(N)c12. The van der Waals surface area contributed by atoms with Gasteiger partial charge >= 0.3 is 0 Å². The van der Waals surface area contributed by atoms with Gasteiger partial charge in [0.25, 0.3) is 0 Å². The molecule has 0 aliphatic rings. The van der Waals surface area contributed by atoms with Gasteiger partial charge in [0.1, 0.15) is 34.7 Å². The number of aryl methyl sites for hydroxylation is 1. The summed E-state index contributed by atoms with van der Waals surface area (Å²) in [5.74, 6) is 0.470. The molecule has 7 nitrogen and oxygen atoms in total. The summed E-state index contributed by atoms with van der Waals surface area (Å²) in [6.07, 6.45) is 4.60. The number of imidazole rings is 1. The number of anilines is 1. The molecule has 0 aliphatic carbocycles. The van der Waals surface area contributed by atoms with Gasteiger partial charge in [-0.05, 0) is 39.0 Å². The summed E-state index contributed by atoms with van der Waals surface area (Å²) >= 11 is 6.36. The minimum Gasteiger partial charge on any atom is -0.490 e. The number of nitrogens with two attached hydrogens (primary N) is 1. The highest BCUT2D eigenvalue weighted by molar-refractivity contribution is 6.31. The molecule has 0 radical (unpaired) electrons. The second kappa shape index (κ2) is 8.68. The lowest BCUT2D eigenvalue weighted by atomic mass is 9.93. The predicted octanol–water partition coefficient (Wildman–Crippen LogP) is 5.29. The highest BCUT2D eigenvalue weighted by Gasteiger charge is 2.27. The molecule has 1 atom stereocenters. The Hall–Kier alpha value is -3.70. The van der Waals surface area contributed by atoms with Gasteiger partial charge in [0.2, 0.25) is 0 Å². The Labute approximate surface area is 195 Å². The van der Waals surface area contributed by atoms with Gasteiger partial charge in [-0.2, -0.15) is 5.26 Å². The van der Waals surface area contributed by atoms with Crippen LogP contribution in [0.2, 0.25) is 5.02 Å². The van der Waals surface area contributed by atoms with Gasteiger partial charge in [0.15, 0.2) is 5.82 Å². The number of nitrogen functional groups attached to an aromatic ring is 1. The maximum absolute atomic E-state index is 15.4. The number of aromatic nitrogens is 4. The predicted molar refractivity (Wildman–Crippen MR) is 125 cm³/mol. The van der Waals surface area contributed by atoms with Crippen LogP contribution in [0.4, 0.5) is 10.2 Å². The number of benzene rings is 1. The van der Waals surface area contributed by atoms with Gasteiger partial charge in [-0.15, -0.1) is 0 Å². The normalized spacial score (nSPS) is 12.2. The van der Waals surface area contributed by atoms with Gasteiger partial charge in [-0.25, -0.2) is 19.3 Å². The van der Waals surface area contributed by atoms with Crippen LogP contribution < -0.4 is 10.5 Å². The number of nitriles is 1. The lowest BCUT2D eigenvalue weighted by Crippen LogP contribution is -2.13. The quantitative estimate of drug-likeness (QED) is 0.430. The lowest BCUT2D eigenvalue weighted by molar-refractivity contribution is 0.239. The molecule has 0 aliphatic heterocycles. The number of fused-ring (bicyclic) bond motifs is 1. The van der Waals surface area contributed by atoms with E-state index in [0.29, 0.717) is 28.5 Å². The molecule has 3 aromatic heterocycles. The van der Waals surface area contributed by atoms with Crippen LogP contribution in [0.15, 0.2) is 36.8 Å². The molecule has 9 heteroatoms. The minimum absolute atomic E-state index is 0.0499. The molecule has 0 saturated carbocycles. The number of pyridine rings is 1. The first kappa shape index (κ1) is 22.5. The summed E-state index contributed by atoms with van der Waals surface area (Å²) in [5.41, 5.74) is 9.06. The Balaban J connectivity index is 1.98. The maximum atomic E-state index is 15.4. The molecule has 2 N–H and O–H groups in total. The molecule has 0 bridgehead atoms. The monoisotopic (exact) mass is 464 g/mol. The van der Waals surface area contributed by atoms with Crippen LogP contribution in [-0.2, 0) is 0 Å². The van der Waals surface area contributed by atoms with Crippen LogP contribution in [0.3, 0.4) is 0 Å². The molecule has 4 rings (SSSR count). The van der Waals surface area contributed by atoms with Crippen LogP contribution in [0.5, 0.6) is 5.75 Å². The Morgan fingerprint density at radius 2 is 2.00 bits per heavy atom. The topological polar surface area (TPSA) is 102 Å². The maximum Gasteiger partial charge on any atom is 0.153 e. The lowest BCUT2D eigenvalue weighted by Gasteiger charge is -2.23. The zero-order valence-electron chi connectivity index (χ0n) is 18.6. The molecule has 0 spiro atoms. The van der Waals surface area contributed by atoms with E-state index in [2.05, 4.69) is 9.97 Å². The van der Waals surface area contributed by atoms with Gasteiger partial charge in [-0.1, -0.05) is 18.5 Å². The zero-order valence-corrected chi connectivity index (χ0v) is 19.4. The third-order valence-corrected chi connectivity index (χ3v) is 5.63. The number of rotatable bonds is 5. The van der Waals surface area contributed by atoms with Crippen LogP contribution in [0, 0.1) is 24.1 Å². The summed E-state index contributed by atoms with van der Waals surface area (Å²) in [4.78, 5) is 13.0. The minimum atomic E-state index is -0.618. The van der Waals surface area contributed by atoms with E-state index in [0.717, 1.165) is 11.2 Å². The first-order valence-electron chi connectivity index (χ1n) is 10.4. The van der Waals surface area contributed by atoms with Crippen molar-refractivity contribution in [3.63, 3.8) is 0 Å². The summed E-state index contributed by atoms with van der Waals surface area (Å²) in [6.45, 7) is 7.54. The Morgan fingerprint density at radius 3 is 2.64 bits per heavy atom. The molecule has 168 valence electrons. The van der Waals surface area contributed by atoms with Crippen molar-refractivity contribution < 1.29 is 9.13 Å². The second-order valence-corrected chi connectivity index (χ2v) is 8.39. The summed E-state index contributed by atoms with van der Waals surface area (Å²) in [5, 5.41) is 9.02. The van der Waals surface area contributed by atoms with Gasteiger partial charge < -0.3 is 10.5 Å². The Morgan fingerprint density at radius 1 is 1.24 bits per heavy atom. The molecular formula is C24H22ClFN6O. The summed E-state index contributed by atoms with van der Waals surface area (Å²) in [6, 6.07) is 6.69. The fraction of sp³-hybridized carbons (Fsp3) is 0.250. The van der Waals surface area contributed by atoms with Gasteiger partial charge in [0, 0.05) is 35.6 Å². The average molecular weight is 465 g/mol. The standard InChI is InChI=1S/C24H22ClFN6O/c1-12(2)33-22-17(13(3)24-31-14(4)21-23(28)29-7-8-32(21)24)9-18(25)20(26)19(22)15-5-6-16(10-27)30-11-15/h5-9,11-13H,1-4H3,(H2,28,29). The third kappa shape index (κ3) is 3.96. The fourth-order valence-electron chi connectivity index (χ4n) is 3.89. The van der Waals surface area contributed by atoms with E-state index in [1.54, 1.807) is 24.5 Å². The molecule has 3 heterocycles. The fourth-order valence-corrected chi connectivity index (χ4v) is 4.10. The van der Waals surface area contributed by atoms with Crippen LogP contribution >= 0.6 is 11.6 Å². The number of ether oxygens (including phenoxy) is 1. The van der Waals surface area contributed by atoms with Crippen molar-refractivity contribution in [2.75, 3.05) is 5.73 Å². The first-order valence-corrected chi connectivity index (χ1v) is 10.7. The van der Waals surface area contributed by atoms with E-state index in [1.807, 2.05) is 38.2 Å². The Kier molecular flexibility index (Phi) is 5.91. The van der Waals surface area contributed by atoms with E-state index in [4.69, 9.17) is 32.3 Å². The van der Waals surface area contributed by atoms with Crippen molar-refractivity contribution in [3.05, 3.63) is 70.4 Å². The number of nitrogens with zero attached hydrogens (tertiary/aromatic N) is 5. The number of hydrogen-bond acceptors (Lipinski definition) is 6. The average Bonchev–Trinajstić information content (AvgIpc) is 3.13. The zero-order chi connectivity index (χ0) is 23.9. The van der Waals surface area contributed by atoms with E-state index in [9.17, 15) is 0 Å². The van der Waals surface area contributed by atoms with Crippen molar-refractivity contribution in [3.8, 4) is 22.9 Å². The van der Waals surface area contributed by atoms with Crippen molar-refractivity contribution >= 4 is 22.9 Å². The third-order valence-electron chi connectivity index (χ3n) is 5.36. The molecular weight excluding hydrogens is 443 g/mol. The van der Waals surface area contributed by atoms with Gasteiger partial charge in [0.05, 0.1) is 22.4 Å². The van der Waals surface area contributed by atoms with Crippen molar-refractivity contribution in [2.45, 2.75) is 39.7 Å². The van der Waals surface area contributed by atoms with E-state index in [1.165, 1.54) is 12.3 Å². The van der Waals surface area contributed by atoms with Crippen LogP contribution in [0.25, 0.3) is 16.6 Å². The van der Waals surface area contributed by atoms with Crippen LogP contribution in [0.1, 0.15) is 49.5 Å². The largest absolute Gasteiger partial charge is 0.490 e. The molecule has 33 heavy (non-hydrogen) atoms. The van der Waals surface area contributed by atoms with Crippen molar-refractivity contribution in [1.82, 2.24) is 19.4 Å². The highest BCUT2D eigenvalue weighted by atomic mass is 35.5. The molecule has 0 fully saturated rings. The molecule has 1 unspecified atom stereocenters. The van der Waals surface area contributed by atoms with Crippen molar-refractivity contribution in [1.29, 1.82) is 5.26 Å². The van der Waals surface area contributed by atoms with Crippen LogP contribution in [-0.4, -0.2) is 25.5 Å².